The molecule has 8 nitrogen and oxygen atoms in total. The van der Waals surface area contributed by atoms with Gasteiger partial charge in [0.05, 0.1) is 15.9 Å². The van der Waals surface area contributed by atoms with E-state index in [0.29, 0.717) is 12.8 Å². The first-order valence-corrected chi connectivity index (χ1v) is 11.6. The number of esters is 1. The monoisotopic (exact) mass is 516 g/mol. The Morgan fingerprint density at radius 3 is 2.43 bits per heavy atom. The summed E-state index contributed by atoms with van der Waals surface area (Å²) in [6.07, 6.45) is 0.593. The number of nitrogens with zero attached hydrogens (tertiary/aromatic N) is 2. The van der Waals surface area contributed by atoms with Crippen molar-refractivity contribution in [2.24, 2.45) is 5.92 Å². The van der Waals surface area contributed by atoms with E-state index in [1.807, 2.05) is 24.3 Å². The van der Waals surface area contributed by atoms with Gasteiger partial charge in [0.1, 0.15) is 11.5 Å². The molecule has 30 heavy (non-hydrogen) atoms. The van der Waals surface area contributed by atoms with Crippen molar-refractivity contribution in [3.05, 3.63) is 67.6 Å². The summed E-state index contributed by atoms with van der Waals surface area (Å²) in [5.41, 5.74) is 0.497. The number of nitro groups is 1. The molecule has 1 aliphatic heterocycles. The number of piperidine rings is 1. The van der Waals surface area contributed by atoms with E-state index >= 15 is 0 Å². The van der Waals surface area contributed by atoms with Crippen LogP contribution < -0.4 is 0 Å². The number of hydrogen-bond donors (Lipinski definition) is 0. The number of sulfonamides is 1. The first-order chi connectivity index (χ1) is 14.2. The molecule has 0 aliphatic carbocycles. The molecule has 1 aliphatic rings. The number of halogens is 2. The SMILES string of the molecule is O=C(OCc1ccc(Br)cc1)C1CCN(S(=O)(=O)c2cc([N+](=O)[O-])ccc2Cl)CC1. The van der Waals surface area contributed by atoms with Crippen molar-refractivity contribution in [1.82, 2.24) is 4.31 Å². The zero-order valence-corrected chi connectivity index (χ0v) is 18.8. The Labute approximate surface area is 187 Å². The minimum atomic E-state index is -4.02. The number of rotatable bonds is 6. The smallest absolute Gasteiger partial charge is 0.309 e. The molecule has 2 aromatic rings. The fourth-order valence-electron chi connectivity index (χ4n) is 3.13. The number of benzene rings is 2. The highest BCUT2D eigenvalue weighted by Crippen LogP contribution is 2.31. The lowest BCUT2D eigenvalue weighted by Gasteiger charge is -2.30. The van der Waals surface area contributed by atoms with Crippen molar-refractivity contribution in [3.63, 3.8) is 0 Å². The van der Waals surface area contributed by atoms with Gasteiger partial charge in [0.2, 0.25) is 10.0 Å². The van der Waals surface area contributed by atoms with Crippen LogP contribution in [0.15, 0.2) is 51.8 Å². The molecule has 0 aromatic heterocycles. The van der Waals surface area contributed by atoms with Crippen LogP contribution in [0.3, 0.4) is 0 Å². The Hall–Kier alpha value is -2.01. The minimum Gasteiger partial charge on any atom is -0.461 e. The summed E-state index contributed by atoms with van der Waals surface area (Å²) < 4.78 is 33.3. The van der Waals surface area contributed by atoms with E-state index in [0.717, 1.165) is 22.2 Å². The third-order valence-corrected chi connectivity index (χ3v) is 7.73. The molecule has 2 aromatic carbocycles. The Balaban J connectivity index is 1.61. The molecule has 0 atom stereocenters. The van der Waals surface area contributed by atoms with Crippen molar-refractivity contribution >= 4 is 49.2 Å². The summed E-state index contributed by atoms with van der Waals surface area (Å²) >= 11 is 9.33. The fraction of sp³-hybridized carbons (Fsp3) is 0.316. The molecular weight excluding hydrogens is 500 g/mol. The summed E-state index contributed by atoms with van der Waals surface area (Å²) in [5, 5.41) is 10.9. The summed E-state index contributed by atoms with van der Waals surface area (Å²) in [6.45, 7) is 0.340. The predicted octanol–water partition coefficient (Wildman–Crippen LogP) is 4.15. The first kappa shape index (κ1) is 22.7. The van der Waals surface area contributed by atoms with Crippen molar-refractivity contribution < 1.29 is 22.9 Å². The molecule has 0 unspecified atom stereocenters. The van der Waals surface area contributed by atoms with Crippen molar-refractivity contribution in [2.45, 2.75) is 24.3 Å². The average Bonchev–Trinajstić information content (AvgIpc) is 2.73. The van der Waals surface area contributed by atoms with E-state index in [2.05, 4.69) is 15.9 Å². The van der Waals surface area contributed by atoms with E-state index in [9.17, 15) is 23.3 Å². The zero-order chi connectivity index (χ0) is 21.9. The van der Waals surface area contributed by atoms with Crippen molar-refractivity contribution in [2.75, 3.05) is 13.1 Å². The molecule has 0 amide bonds. The third kappa shape index (κ3) is 5.18. The number of ether oxygens (including phenoxy) is 1. The molecule has 0 N–H and O–H groups in total. The summed E-state index contributed by atoms with van der Waals surface area (Å²) in [7, 11) is -4.02. The topological polar surface area (TPSA) is 107 Å². The van der Waals surface area contributed by atoms with Crippen LogP contribution in [-0.4, -0.2) is 36.7 Å². The largest absolute Gasteiger partial charge is 0.461 e. The van der Waals surface area contributed by atoms with Gasteiger partial charge in [0.15, 0.2) is 0 Å². The normalized spacial score (nSPS) is 15.7. The molecular formula is C19H18BrClN2O6S. The van der Waals surface area contributed by atoms with E-state index in [1.54, 1.807) is 0 Å². The minimum absolute atomic E-state index is 0.0865. The molecule has 0 saturated carbocycles. The number of non-ortho nitro benzene ring substituents is 1. The zero-order valence-electron chi connectivity index (χ0n) is 15.7. The third-order valence-electron chi connectivity index (χ3n) is 4.83. The van der Waals surface area contributed by atoms with Gasteiger partial charge < -0.3 is 4.74 Å². The second-order valence-corrected chi connectivity index (χ2v) is 10.0. The second kappa shape index (κ2) is 9.42. The van der Waals surface area contributed by atoms with Gasteiger partial charge in [-0.1, -0.05) is 39.7 Å². The molecule has 11 heteroatoms. The second-order valence-electron chi connectivity index (χ2n) is 6.78. The lowest BCUT2D eigenvalue weighted by Crippen LogP contribution is -2.40. The molecule has 1 heterocycles. The predicted molar refractivity (Wildman–Crippen MR) is 114 cm³/mol. The highest BCUT2D eigenvalue weighted by Gasteiger charge is 2.34. The number of carbonyl (C=O) groups is 1. The Morgan fingerprint density at radius 1 is 1.20 bits per heavy atom. The summed E-state index contributed by atoms with van der Waals surface area (Å²) in [4.78, 5) is 22.3. The Kier molecular flexibility index (Phi) is 7.12. The van der Waals surface area contributed by atoms with E-state index < -0.39 is 20.9 Å². The van der Waals surface area contributed by atoms with Crippen LogP contribution in [0.4, 0.5) is 5.69 Å². The maximum atomic E-state index is 12.9. The van der Waals surface area contributed by atoms with Crippen LogP contribution in [0.2, 0.25) is 5.02 Å². The van der Waals surface area contributed by atoms with E-state index in [4.69, 9.17) is 16.3 Å². The number of hydrogen-bond acceptors (Lipinski definition) is 6. The van der Waals surface area contributed by atoms with Crippen LogP contribution in [0.1, 0.15) is 18.4 Å². The first-order valence-electron chi connectivity index (χ1n) is 9.03. The van der Waals surface area contributed by atoms with Crippen molar-refractivity contribution in [1.29, 1.82) is 0 Å². The lowest BCUT2D eigenvalue weighted by atomic mass is 9.98. The van der Waals surface area contributed by atoms with Gasteiger partial charge >= 0.3 is 5.97 Å². The average molecular weight is 518 g/mol. The molecule has 1 fully saturated rings. The molecule has 1 saturated heterocycles. The molecule has 3 rings (SSSR count). The summed E-state index contributed by atoms with van der Waals surface area (Å²) in [6, 6.07) is 10.7. The van der Waals surface area contributed by atoms with Gasteiger partial charge in [-0.05, 0) is 36.6 Å². The molecule has 0 bridgehead atoms. The fourth-order valence-corrected chi connectivity index (χ4v) is 5.36. The van der Waals surface area contributed by atoms with Crippen LogP contribution in [-0.2, 0) is 26.2 Å². The maximum absolute atomic E-state index is 12.9. The van der Waals surface area contributed by atoms with Crippen LogP contribution >= 0.6 is 27.5 Å². The Bertz CT molecular complexity index is 1050. The van der Waals surface area contributed by atoms with Gasteiger partial charge in [0.25, 0.3) is 5.69 Å². The van der Waals surface area contributed by atoms with Gasteiger partial charge in [-0.15, -0.1) is 0 Å². The van der Waals surface area contributed by atoms with E-state index in [-0.39, 0.29) is 41.3 Å². The quantitative estimate of drug-likeness (QED) is 0.324. The summed E-state index contributed by atoms with van der Waals surface area (Å²) in [5.74, 6) is -0.782. The van der Waals surface area contributed by atoms with Crippen LogP contribution in [0.5, 0.6) is 0 Å². The van der Waals surface area contributed by atoms with Gasteiger partial charge in [0, 0.05) is 29.7 Å². The van der Waals surface area contributed by atoms with Crippen LogP contribution in [0, 0.1) is 16.0 Å². The molecule has 0 radical (unpaired) electrons. The number of carbonyl (C=O) groups excluding carboxylic acids is 1. The lowest BCUT2D eigenvalue weighted by molar-refractivity contribution is -0.385. The highest BCUT2D eigenvalue weighted by molar-refractivity contribution is 9.10. The van der Waals surface area contributed by atoms with Gasteiger partial charge in [-0.2, -0.15) is 4.31 Å². The van der Waals surface area contributed by atoms with Crippen molar-refractivity contribution in [3.8, 4) is 0 Å². The molecule has 0 spiro atoms. The Morgan fingerprint density at radius 2 is 1.83 bits per heavy atom. The maximum Gasteiger partial charge on any atom is 0.309 e. The standard InChI is InChI=1S/C19H18BrClN2O6S/c20-15-3-1-13(2-4-15)12-29-19(24)14-7-9-22(10-8-14)30(27,28)18-11-16(23(25)26)5-6-17(18)21/h1-6,11,14H,7-10,12H2. The van der Waals surface area contributed by atoms with E-state index in [1.165, 1.54) is 10.4 Å². The van der Waals surface area contributed by atoms with Crippen LogP contribution in [0.25, 0.3) is 0 Å². The molecule has 160 valence electrons. The van der Waals surface area contributed by atoms with Gasteiger partial charge in [-0.3, -0.25) is 14.9 Å². The van der Waals surface area contributed by atoms with Gasteiger partial charge in [-0.25, -0.2) is 8.42 Å². The highest BCUT2D eigenvalue weighted by atomic mass is 79.9. The number of nitro benzene ring substituents is 1.